The standard InChI is InChI=1S/C19H29N7O/c1-13-14(2)23-17(19(27)20-3)24-18(13)26-9-7-16(12-26)21-8-5-6-15-10-22-25(4)11-15/h10-11,16,21H,5-9,12H2,1-4H3,(H,20,27)/t16-/m1/s1. The van der Waals surface area contributed by atoms with Crippen LogP contribution in [0.2, 0.25) is 0 Å². The van der Waals surface area contributed by atoms with E-state index in [1.54, 1.807) is 7.05 Å². The quantitative estimate of drug-likeness (QED) is 0.706. The number of hydrogen-bond donors (Lipinski definition) is 2. The van der Waals surface area contributed by atoms with Crippen LogP contribution in [0.5, 0.6) is 0 Å². The van der Waals surface area contributed by atoms with Crippen molar-refractivity contribution in [3.63, 3.8) is 0 Å². The summed E-state index contributed by atoms with van der Waals surface area (Å²) in [5, 5.41) is 10.5. The average Bonchev–Trinajstić information content (AvgIpc) is 3.29. The first-order valence-corrected chi connectivity index (χ1v) is 9.51. The van der Waals surface area contributed by atoms with Gasteiger partial charge in [-0.05, 0) is 45.2 Å². The van der Waals surface area contributed by atoms with Gasteiger partial charge in [0.25, 0.3) is 5.91 Å². The van der Waals surface area contributed by atoms with E-state index >= 15 is 0 Å². The number of carbonyl (C=O) groups excluding carboxylic acids is 1. The zero-order chi connectivity index (χ0) is 19.4. The molecule has 146 valence electrons. The molecule has 0 saturated carbocycles. The third-order valence-electron chi connectivity index (χ3n) is 5.12. The highest BCUT2D eigenvalue weighted by Crippen LogP contribution is 2.24. The molecule has 8 nitrogen and oxygen atoms in total. The highest BCUT2D eigenvalue weighted by atomic mass is 16.2. The van der Waals surface area contributed by atoms with E-state index in [1.165, 1.54) is 5.56 Å². The van der Waals surface area contributed by atoms with Gasteiger partial charge in [0, 0.05) is 50.7 Å². The molecule has 1 fully saturated rings. The molecule has 2 aromatic rings. The first-order valence-electron chi connectivity index (χ1n) is 9.51. The largest absolute Gasteiger partial charge is 0.355 e. The molecule has 27 heavy (non-hydrogen) atoms. The summed E-state index contributed by atoms with van der Waals surface area (Å²) in [7, 11) is 3.54. The molecular formula is C19H29N7O. The fraction of sp³-hybridized carbons (Fsp3) is 0.579. The Balaban J connectivity index is 1.54. The number of nitrogens with zero attached hydrogens (tertiary/aromatic N) is 5. The lowest BCUT2D eigenvalue weighted by Crippen LogP contribution is -2.34. The Bertz CT molecular complexity index is 801. The Morgan fingerprint density at radius 1 is 1.33 bits per heavy atom. The summed E-state index contributed by atoms with van der Waals surface area (Å²) in [6.45, 7) is 6.77. The molecule has 0 unspecified atom stereocenters. The number of hydrogen-bond acceptors (Lipinski definition) is 6. The molecule has 2 aromatic heterocycles. The Kier molecular flexibility index (Phi) is 6.05. The highest BCUT2D eigenvalue weighted by molar-refractivity contribution is 5.90. The molecule has 8 heteroatoms. The number of amides is 1. The fourth-order valence-electron chi connectivity index (χ4n) is 3.45. The van der Waals surface area contributed by atoms with Crippen molar-refractivity contribution in [2.45, 2.75) is 39.2 Å². The minimum atomic E-state index is -0.247. The SMILES string of the molecule is CNC(=O)c1nc(C)c(C)c(N2CC[C@@H](NCCCc3cnn(C)c3)C2)n1. The summed E-state index contributed by atoms with van der Waals surface area (Å²) in [5.74, 6) is 0.868. The number of rotatable bonds is 7. The van der Waals surface area contributed by atoms with Crippen molar-refractivity contribution < 1.29 is 4.79 Å². The molecule has 0 radical (unpaired) electrons. The van der Waals surface area contributed by atoms with E-state index in [2.05, 4.69) is 36.8 Å². The maximum Gasteiger partial charge on any atom is 0.288 e. The van der Waals surface area contributed by atoms with Gasteiger partial charge in [0.15, 0.2) is 0 Å². The van der Waals surface area contributed by atoms with E-state index in [-0.39, 0.29) is 11.7 Å². The van der Waals surface area contributed by atoms with Crippen LogP contribution in [0, 0.1) is 13.8 Å². The topological polar surface area (TPSA) is 88.0 Å². The van der Waals surface area contributed by atoms with Gasteiger partial charge in [0.1, 0.15) is 5.82 Å². The molecular weight excluding hydrogens is 342 g/mol. The lowest BCUT2D eigenvalue weighted by atomic mass is 10.2. The smallest absolute Gasteiger partial charge is 0.288 e. The molecule has 0 aromatic carbocycles. The Labute approximate surface area is 160 Å². The summed E-state index contributed by atoms with van der Waals surface area (Å²) in [4.78, 5) is 23.0. The van der Waals surface area contributed by atoms with Crippen LogP contribution in [0.4, 0.5) is 5.82 Å². The number of carbonyl (C=O) groups is 1. The second kappa shape index (κ2) is 8.47. The third-order valence-corrected chi connectivity index (χ3v) is 5.12. The summed E-state index contributed by atoms with van der Waals surface area (Å²) >= 11 is 0. The van der Waals surface area contributed by atoms with Crippen LogP contribution in [0.1, 0.15) is 40.3 Å². The normalized spacial score (nSPS) is 16.7. The average molecular weight is 371 g/mol. The van der Waals surface area contributed by atoms with Gasteiger partial charge in [-0.2, -0.15) is 5.10 Å². The molecule has 2 N–H and O–H groups in total. The van der Waals surface area contributed by atoms with Crippen molar-refractivity contribution in [1.82, 2.24) is 30.4 Å². The summed E-state index contributed by atoms with van der Waals surface area (Å²) in [6.07, 6.45) is 7.21. The van der Waals surface area contributed by atoms with Gasteiger partial charge in [-0.1, -0.05) is 0 Å². The monoisotopic (exact) mass is 371 g/mol. The van der Waals surface area contributed by atoms with E-state index in [9.17, 15) is 4.79 Å². The van der Waals surface area contributed by atoms with Crippen molar-refractivity contribution in [1.29, 1.82) is 0 Å². The first-order chi connectivity index (χ1) is 13.0. The zero-order valence-electron chi connectivity index (χ0n) is 16.6. The van der Waals surface area contributed by atoms with Gasteiger partial charge >= 0.3 is 0 Å². The molecule has 1 aliphatic heterocycles. The van der Waals surface area contributed by atoms with Crippen LogP contribution in [-0.4, -0.2) is 58.4 Å². The molecule has 0 spiro atoms. The van der Waals surface area contributed by atoms with Gasteiger partial charge in [-0.3, -0.25) is 9.48 Å². The van der Waals surface area contributed by atoms with Crippen molar-refractivity contribution in [3.05, 3.63) is 35.0 Å². The maximum atomic E-state index is 11.9. The van der Waals surface area contributed by atoms with Crippen molar-refractivity contribution in [2.24, 2.45) is 7.05 Å². The highest BCUT2D eigenvalue weighted by Gasteiger charge is 2.26. The first kappa shape index (κ1) is 19.3. The fourth-order valence-corrected chi connectivity index (χ4v) is 3.45. The molecule has 3 rings (SSSR count). The Hall–Kier alpha value is -2.48. The number of aryl methyl sites for hydroxylation is 3. The van der Waals surface area contributed by atoms with E-state index in [4.69, 9.17) is 0 Å². The number of nitrogens with one attached hydrogen (secondary N) is 2. The molecule has 1 aliphatic rings. The Morgan fingerprint density at radius 3 is 2.85 bits per heavy atom. The van der Waals surface area contributed by atoms with Crippen LogP contribution in [0.15, 0.2) is 12.4 Å². The van der Waals surface area contributed by atoms with Gasteiger partial charge < -0.3 is 15.5 Å². The minimum Gasteiger partial charge on any atom is -0.355 e. The molecule has 1 atom stereocenters. The zero-order valence-corrected chi connectivity index (χ0v) is 16.6. The van der Waals surface area contributed by atoms with Gasteiger partial charge in [-0.15, -0.1) is 0 Å². The van der Waals surface area contributed by atoms with E-state index < -0.39 is 0 Å². The molecule has 1 saturated heterocycles. The van der Waals surface area contributed by atoms with Gasteiger partial charge in [0.2, 0.25) is 5.82 Å². The van der Waals surface area contributed by atoms with Crippen LogP contribution in [0.25, 0.3) is 0 Å². The van der Waals surface area contributed by atoms with E-state index in [0.29, 0.717) is 6.04 Å². The predicted molar refractivity (Wildman–Crippen MR) is 105 cm³/mol. The van der Waals surface area contributed by atoms with Gasteiger partial charge in [-0.25, -0.2) is 9.97 Å². The summed E-state index contributed by atoms with van der Waals surface area (Å²) < 4.78 is 1.84. The number of aromatic nitrogens is 4. The maximum absolute atomic E-state index is 11.9. The lowest BCUT2D eigenvalue weighted by Gasteiger charge is -2.21. The van der Waals surface area contributed by atoms with Crippen LogP contribution in [0.3, 0.4) is 0 Å². The van der Waals surface area contributed by atoms with E-state index in [0.717, 1.165) is 56.0 Å². The van der Waals surface area contributed by atoms with Crippen LogP contribution in [-0.2, 0) is 13.5 Å². The van der Waals surface area contributed by atoms with E-state index in [1.807, 2.05) is 31.8 Å². The molecule has 1 amide bonds. The Morgan fingerprint density at radius 2 is 2.15 bits per heavy atom. The molecule has 3 heterocycles. The predicted octanol–water partition coefficient (Wildman–Crippen LogP) is 0.988. The summed E-state index contributed by atoms with van der Waals surface area (Å²) in [6, 6.07) is 0.442. The lowest BCUT2D eigenvalue weighted by molar-refractivity contribution is 0.0952. The second-order valence-electron chi connectivity index (χ2n) is 7.17. The van der Waals surface area contributed by atoms with Gasteiger partial charge in [0.05, 0.1) is 6.20 Å². The molecule has 0 bridgehead atoms. The molecule has 0 aliphatic carbocycles. The second-order valence-corrected chi connectivity index (χ2v) is 7.17. The third kappa shape index (κ3) is 4.63. The van der Waals surface area contributed by atoms with Crippen molar-refractivity contribution >= 4 is 11.7 Å². The number of anilines is 1. The van der Waals surface area contributed by atoms with Crippen LogP contribution < -0.4 is 15.5 Å². The summed E-state index contributed by atoms with van der Waals surface area (Å²) in [5.41, 5.74) is 3.17. The minimum absolute atomic E-state index is 0.239. The van der Waals surface area contributed by atoms with Crippen LogP contribution >= 0.6 is 0 Å². The van der Waals surface area contributed by atoms with Crippen molar-refractivity contribution in [3.8, 4) is 0 Å². The van der Waals surface area contributed by atoms with Crippen molar-refractivity contribution in [2.75, 3.05) is 31.6 Å².